The topological polar surface area (TPSA) is 73.1 Å². The molecule has 21 heavy (non-hydrogen) atoms. The number of carbonyl (C=O) groups excluding carboxylic acids is 1. The number of nitrogens with one attached hydrogen (secondary N) is 1. The highest BCUT2D eigenvalue weighted by Crippen LogP contribution is 2.17. The number of benzene rings is 2. The monoisotopic (exact) mass is 298 g/mol. The maximum absolute atomic E-state index is 12.0. The number of carbonyl (C=O) groups is 1. The standard InChI is InChI=1S/C16H11ClN2O2/c17-13-4-2-5-14(9-13)19-16(21)12(10-18)7-11-3-1-6-15(20)8-11/h1-9,20H,(H,19,21)/b12-7+. The van der Waals surface area contributed by atoms with Gasteiger partial charge in [0.2, 0.25) is 0 Å². The molecule has 2 N–H and O–H groups in total. The molecule has 0 aromatic heterocycles. The number of aromatic hydroxyl groups is 1. The molecular formula is C16H11ClN2O2. The molecule has 0 unspecified atom stereocenters. The van der Waals surface area contributed by atoms with Crippen molar-refractivity contribution < 1.29 is 9.90 Å². The predicted octanol–water partition coefficient (Wildman–Crippen LogP) is 3.59. The number of nitriles is 1. The van der Waals surface area contributed by atoms with Crippen LogP contribution < -0.4 is 5.32 Å². The summed E-state index contributed by atoms with van der Waals surface area (Å²) in [4.78, 5) is 12.0. The van der Waals surface area contributed by atoms with Crippen molar-refractivity contribution in [2.24, 2.45) is 0 Å². The quantitative estimate of drug-likeness (QED) is 0.672. The molecule has 0 bridgehead atoms. The molecule has 0 aliphatic carbocycles. The van der Waals surface area contributed by atoms with E-state index in [4.69, 9.17) is 16.9 Å². The van der Waals surface area contributed by atoms with Crippen LogP contribution in [0, 0.1) is 11.3 Å². The van der Waals surface area contributed by atoms with E-state index in [2.05, 4.69) is 5.32 Å². The molecule has 2 rings (SSSR count). The van der Waals surface area contributed by atoms with Gasteiger partial charge in [-0.15, -0.1) is 0 Å². The van der Waals surface area contributed by atoms with Crippen molar-refractivity contribution in [3.8, 4) is 11.8 Å². The second kappa shape index (κ2) is 6.60. The van der Waals surface area contributed by atoms with Gasteiger partial charge in [0.15, 0.2) is 0 Å². The molecule has 0 aliphatic rings. The van der Waals surface area contributed by atoms with Crippen LogP contribution in [0.4, 0.5) is 5.69 Å². The average Bonchev–Trinajstić information content (AvgIpc) is 2.44. The number of rotatable bonds is 3. The molecule has 2 aromatic carbocycles. The molecule has 0 spiro atoms. The number of anilines is 1. The number of halogens is 1. The first-order valence-corrected chi connectivity index (χ1v) is 6.44. The van der Waals surface area contributed by atoms with Crippen LogP contribution in [0.2, 0.25) is 5.02 Å². The first-order valence-electron chi connectivity index (χ1n) is 6.06. The molecule has 104 valence electrons. The average molecular weight is 299 g/mol. The summed E-state index contributed by atoms with van der Waals surface area (Å²) in [7, 11) is 0. The van der Waals surface area contributed by atoms with Crippen LogP contribution in [0.5, 0.6) is 5.75 Å². The highest BCUT2D eigenvalue weighted by molar-refractivity contribution is 6.31. The van der Waals surface area contributed by atoms with Crippen LogP contribution in [0.3, 0.4) is 0 Å². The molecule has 2 aromatic rings. The van der Waals surface area contributed by atoms with E-state index in [1.54, 1.807) is 36.4 Å². The Kier molecular flexibility index (Phi) is 4.60. The smallest absolute Gasteiger partial charge is 0.266 e. The second-order valence-electron chi connectivity index (χ2n) is 4.23. The third-order valence-electron chi connectivity index (χ3n) is 2.63. The molecular weight excluding hydrogens is 288 g/mol. The highest BCUT2D eigenvalue weighted by atomic mass is 35.5. The number of nitrogens with zero attached hydrogens (tertiary/aromatic N) is 1. The van der Waals surface area contributed by atoms with Crippen molar-refractivity contribution in [2.75, 3.05) is 5.32 Å². The first-order chi connectivity index (χ1) is 10.1. The number of phenolic OH excluding ortho intramolecular Hbond substituents is 1. The zero-order chi connectivity index (χ0) is 15.2. The van der Waals surface area contributed by atoms with E-state index < -0.39 is 5.91 Å². The summed E-state index contributed by atoms with van der Waals surface area (Å²) in [6.07, 6.45) is 1.40. The van der Waals surface area contributed by atoms with Crippen LogP contribution in [-0.4, -0.2) is 11.0 Å². The van der Waals surface area contributed by atoms with Crippen molar-refractivity contribution in [3.05, 3.63) is 64.7 Å². The Bertz CT molecular complexity index is 748. The van der Waals surface area contributed by atoms with Gasteiger partial charge in [0.25, 0.3) is 5.91 Å². The summed E-state index contributed by atoms with van der Waals surface area (Å²) in [6.45, 7) is 0. The summed E-state index contributed by atoms with van der Waals surface area (Å²) in [6, 6.07) is 14.8. The van der Waals surface area contributed by atoms with Gasteiger partial charge in [-0.3, -0.25) is 4.79 Å². The third-order valence-corrected chi connectivity index (χ3v) is 2.86. The largest absolute Gasteiger partial charge is 0.508 e. The molecule has 0 aliphatic heterocycles. The summed E-state index contributed by atoms with van der Waals surface area (Å²) in [5.41, 5.74) is 0.998. The SMILES string of the molecule is N#C/C(=C\c1cccc(O)c1)C(=O)Nc1cccc(Cl)c1. The van der Waals surface area contributed by atoms with Crippen LogP contribution in [0.25, 0.3) is 6.08 Å². The van der Waals surface area contributed by atoms with Gasteiger partial charge in [-0.1, -0.05) is 29.8 Å². The summed E-state index contributed by atoms with van der Waals surface area (Å²) in [5.74, 6) is -0.473. The summed E-state index contributed by atoms with van der Waals surface area (Å²) >= 11 is 5.83. The maximum Gasteiger partial charge on any atom is 0.266 e. The van der Waals surface area contributed by atoms with E-state index in [9.17, 15) is 9.90 Å². The van der Waals surface area contributed by atoms with E-state index in [0.717, 1.165) is 0 Å². The van der Waals surface area contributed by atoms with Crippen molar-refractivity contribution in [3.63, 3.8) is 0 Å². The predicted molar refractivity (Wildman–Crippen MR) is 81.8 cm³/mol. The third kappa shape index (κ3) is 4.10. The Morgan fingerprint density at radius 3 is 2.67 bits per heavy atom. The minimum atomic E-state index is -0.539. The van der Waals surface area contributed by atoms with Gasteiger partial charge in [-0.05, 0) is 42.0 Å². The highest BCUT2D eigenvalue weighted by Gasteiger charge is 2.09. The van der Waals surface area contributed by atoms with Gasteiger partial charge < -0.3 is 10.4 Å². The zero-order valence-corrected chi connectivity index (χ0v) is 11.6. The van der Waals surface area contributed by atoms with Crippen LogP contribution >= 0.6 is 11.6 Å². The molecule has 0 atom stereocenters. The lowest BCUT2D eigenvalue weighted by Crippen LogP contribution is -2.13. The van der Waals surface area contributed by atoms with E-state index in [-0.39, 0.29) is 11.3 Å². The molecule has 0 saturated heterocycles. The normalized spacial score (nSPS) is 10.8. The molecule has 0 saturated carbocycles. The minimum absolute atomic E-state index is 0.0660. The maximum atomic E-state index is 12.0. The summed E-state index contributed by atoms with van der Waals surface area (Å²) in [5, 5.41) is 21.5. The van der Waals surface area contributed by atoms with E-state index in [0.29, 0.717) is 16.3 Å². The van der Waals surface area contributed by atoms with Gasteiger partial charge in [0.1, 0.15) is 17.4 Å². The van der Waals surface area contributed by atoms with Crippen molar-refractivity contribution in [1.82, 2.24) is 0 Å². The lowest BCUT2D eigenvalue weighted by molar-refractivity contribution is -0.112. The van der Waals surface area contributed by atoms with Crippen molar-refractivity contribution in [2.45, 2.75) is 0 Å². The van der Waals surface area contributed by atoms with E-state index >= 15 is 0 Å². The summed E-state index contributed by atoms with van der Waals surface area (Å²) < 4.78 is 0. The fraction of sp³-hybridized carbons (Fsp3) is 0. The molecule has 0 fully saturated rings. The Morgan fingerprint density at radius 2 is 2.00 bits per heavy atom. The zero-order valence-electron chi connectivity index (χ0n) is 10.9. The lowest BCUT2D eigenvalue weighted by Gasteiger charge is -2.04. The number of phenols is 1. The fourth-order valence-electron chi connectivity index (χ4n) is 1.69. The van der Waals surface area contributed by atoms with Crippen LogP contribution in [0.15, 0.2) is 54.1 Å². The van der Waals surface area contributed by atoms with Gasteiger partial charge >= 0.3 is 0 Å². The van der Waals surface area contributed by atoms with E-state index in [1.165, 1.54) is 18.2 Å². The number of hydrogen-bond donors (Lipinski definition) is 2. The second-order valence-corrected chi connectivity index (χ2v) is 4.67. The van der Waals surface area contributed by atoms with Crippen molar-refractivity contribution in [1.29, 1.82) is 5.26 Å². The van der Waals surface area contributed by atoms with E-state index in [1.807, 2.05) is 6.07 Å². The molecule has 5 heteroatoms. The molecule has 4 nitrogen and oxygen atoms in total. The minimum Gasteiger partial charge on any atom is -0.508 e. The van der Waals surface area contributed by atoms with Crippen LogP contribution in [0.1, 0.15) is 5.56 Å². The molecule has 1 amide bonds. The van der Waals surface area contributed by atoms with Gasteiger partial charge in [0.05, 0.1) is 0 Å². The Balaban J connectivity index is 2.21. The number of hydrogen-bond acceptors (Lipinski definition) is 3. The lowest BCUT2D eigenvalue weighted by atomic mass is 10.1. The van der Waals surface area contributed by atoms with Crippen LogP contribution in [-0.2, 0) is 4.79 Å². The Labute approximate surface area is 126 Å². The van der Waals surface area contributed by atoms with Gasteiger partial charge in [-0.25, -0.2) is 0 Å². The fourth-order valence-corrected chi connectivity index (χ4v) is 1.88. The molecule has 0 heterocycles. The molecule has 0 radical (unpaired) electrons. The number of amides is 1. The van der Waals surface area contributed by atoms with Crippen molar-refractivity contribution >= 4 is 29.3 Å². The van der Waals surface area contributed by atoms with Gasteiger partial charge in [-0.2, -0.15) is 5.26 Å². The first kappa shape index (κ1) is 14.6. The Hall–Kier alpha value is -2.77. The van der Waals surface area contributed by atoms with Gasteiger partial charge in [0, 0.05) is 10.7 Å². The Morgan fingerprint density at radius 1 is 1.24 bits per heavy atom.